The van der Waals surface area contributed by atoms with Gasteiger partial charge in [-0.25, -0.2) is 9.78 Å². The number of thiazole rings is 1. The molecule has 0 unspecified atom stereocenters. The Morgan fingerprint density at radius 3 is 2.78 bits per heavy atom. The minimum absolute atomic E-state index is 0.0189. The highest BCUT2D eigenvalue weighted by Crippen LogP contribution is 2.23. The first-order valence-corrected chi connectivity index (χ1v) is 7.95. The number of carbonyl (C=O) groups is 2. The Balaban J connectivity index is 1.60. The number of benzene rings is 1. The third kappa shape index (κ3) is 3.42. The van der Waals surface area contributed by atoms with E-state index >= 15 is 0 Å². The first kappa shape index (κ1) is 15.3. The average Bonchev–Trinajstić information content (AvgIpc) is 3.18. The monoisotopic (exact) mass is 332 g/mol. The Hall–Kier alpha value is -2.61. The molecule has 1 aliphatic rings. The van der Waals surface area contributed by atoms with Crippen LogP contribution in [0.5, 0.6) is 5.75 Å². The molecule has 0 bridgehead atoms. The third-order valence-electron chi connectivity index (χ3n) is 3.49. The van der Waals surface area contributed by atoms with Gasteiger partial charge in [-0.3, -0.25) is 9.69 Å². The fourth-order valence-electron chi connectivity index (χ4n) is 2.35. The normalized spacial score (nSPS) is 14.2. The van der Waals surface area contributed by atoms with Gasteiger partial charge in [0.05, 0.1) is 7.11 Å². The molecule has 3 amide bonds. The van der Waals surface area contributed by atoms with Crippen LogP contribution in [0.25, 0.3) is 0 Å². The Kier molecular flexibility index (Phi) is 4.42. The van der Waals surface area contributed by atoms with E-state index in [1.165, 1.54) is 16.2 Å². The lowest BCUT2D eigenvalue weighted by molar-refractivity contribution is -0.116. The summed E-state index contributed by atoms with van der Waals surface area (Å²) in [6, 6.07) is 7.09. The third-order valence-corrected chi connectivity index (χ3v) is 4.18. The number of rotatable bonds is 5. The molecule has 1 aliphatic heterocycles. The van der Waals surface area contributed by atoms with Gasteiger partial charge >= 0.3 is 6.03 Å². The summed E-state index contributed by atoms with van der Waals surface area (Å²) in [4.78, 5) is 31.6. The van der Waals surface area contributed by atoms with Crippen molar-refractivity contribution in [1.29, 1.82) is 0 Å². The molecule has 3 rings (SSSR count). The predicted molar refractivity (Wildman–Crippen MR) is 88.1 cm³/mol. The van der Waals surface area contributed by atoms with Crippen LogP contribution in [0.1, 0.15) is 0 Å². The fourth-order valence-corrected chi connectivity index (χ4v) is 2.89. The molecule has 0 spiro atoms. The van der Waals surface area contributed by atoms with Crippen LogP contribution in [-0.2, 0) is 4.79 Å². The maximum Gasteiger partial charge on any atom is 0.325 e. The molecule has 120 valence electrons. The van der Waals surface area contributed by atoms with Gasteiger partial charge in [-0.05, 0) is 24.3 Å². The topological polar surface area (TPSA) is 74.8 Å². The van der Waals surface area contributed by atoms with Crippen LogP contribution in [0.15, 0.2) is 35.8 Å². The van der Waals surface area contributed by atoms with Crippen LogP contribution < -0.4 is 15.0 Å². The zero-order valence-corrected chi connectivity index (χ0v) is 13.4. The van der Waals surface area contributed by atoms with Crippen molar-refractivity contribution >= 4 is 34.1 Å². The molecule has 23 heavy (non-hydrogen) atoms. The van der Waals surface area contributed by atoms with E-state index < -0.39 is 0 Å². The summed E-state index contributed by atoms with van der Waals surface area (Å²) < 4.78 is 5.11. The van der Waals surface area contributed by atoms with Crippen LogP contribution in [0, 0.1) is 0 Å². The molecule has 0 radical (unpaired) electrons. The quantitative estimate of drug-likeness (QED) is 0.909. The summed E-state index contributed by atoms with van der Waals surface area (Å²) in [6.45, 7) is 1.08. The molecule has 8 heteroatoms. The summed E-state index contributed by atoms with van der Waals surface area (Å²) in [5.41, 5.74) is 0.790. The number of nitrogens with zero attached hydrogens (tertiary/aromatic N) is 3. The van der Waals surface area contributed by atoms with Crippen molar-refractivity contribution in [2.24, 2.45) is 0 Å². The maximum atomic E-state index is 12.4. The van der Waals surface area contributed by atoms with Gasteiger partial charge in [0.2, 0.25) is 5.91 Å². The predicted octanol–water partition coefficient (Wildman–Crippen LogP) is 2.03. The van der Waals surface area contributed by atoms with Crippen molar-refractivity contribution in [3.05, 3.63) is 35.8 Å². The molecule has 0 saturated carbocycles. The highest BCUT2D eigenvalue weighted by Gasteiger charge is 2.30. The molecular weight excluding hydrogens is 316 g/mol. The number of ether oxygens (including phenoxy) is 1. The molecule has 0 atom stereocenters. The molecule has 2 heterocycles. The minimum Gasteiger partial charge on any atom is -0.497 e. The van der Waals surface area contributed by atoms with E-state index in [4.69, 9.17) is 4.74 Å². The van der Waals surface area contributed by atoms with E-state index in [2.05, 4.69) is 10.3 Å². The molecule has 0 aliphatic carbocycles. The van der Waals surface area contributed by atoms with E-state index in [9.17, 15) is 9.59 Å². The van der Waals surface area contributed by atoms with Gasteiger partial charge in [-0.2, -0.15) is 0 Å². The lowest BCUT2D eigenvalue weighted by atomic mass is 10.3. The second-order valence-electron chi connectivity index (χ2n) is 4.94. The molecule has 2 aromatic rings. The zero-order chi connectivity index (χ0) is 16.2. The molecule has 1 aromatic carbocycles. The number of methoxy groups -OCH3 is 1. The van der Waals surface area contributed by atoms with Crippen molar-refractivity contribution in [2.45, 2.75) is 0 Å². The van der Waals surface area contributed by atoms with Gasteiger partial charge in [0.25, 0.3) is 0 Å². The van der Waals surface area contributed by atoms with Crippen LogP contribution >= 0.6 is 11.3 Å². The fraction of sp³-hybridized carbons (Fsp3) is 0.267. The van der Waals surface area contributed by atoms with Crippen molar-refractivity contribution in [2.75, 3.05) is 37.0 Å². The van der Waals surface area contributed by atoms with Crippen molar-refractivity contribution in [3.63, 3.8) is 0 Å². The van der Waals surface area contributed by atoms with Crippen LogP contribution in [-0.4, -0.2) is 48.6 Å². The number of carbonyl (C=O) groups excluding carboxylic acids is 2. The first-order chi connectivity index (χ1) is 11.2. The standard InChI is InChI=1S/C15H16N4O3S/c1-22-12-4-2-11(3-5-12)19-8-7-18(15(19)21)10-13(20)17-14-16-6-9-23-14/h2-6,9H,7-8,10H2,1H3,(H,16,17,20). The molecule has 1 N–H and O–H groups in total. The molecule has 7 nitrogen and oxygen atoms in total. The SMILES string of the molecule is COc1ccc(N2CCN(CC(=O)Nc3nccs3)C2=O)cc1. The van der Waals surface area contributed by atoms with E-state index in [1.54, 1.807) is 35.7 Å². The second-order valence-corrected chi connectivity index (χ2v) is 5.83. The Morgan fingerprint density at radius 1 is 1.35 bits per heavy atom. The number of nitrogens with one attached hydrogen (secondary N) is 1. The lowest BCUT2D eigenvalue weighted by Gasteiger charge is -2.18. The first-order valence-electron chi connectivity index (χ1n) is 7.07. The molecule has 1 aromatic heterocycles. The average molecular weight is 332 g/mol. The van der Waals surface area contributed by atoms with Crippen LogP contribution in [0.2, 0.25) is 0 Å². The summed E-state index contributed by atoms with van der Waals surface area (Å²) in [6.07, 6.45) is 1.62. The molecular formula is C15H16N4O3S. The van der Waals surface area contributed by atoms with E-state index in [-0.39, 0.29) is 18.5 Å². The Labute approximate surface area is 137 Å². The highest BCUT2D eigenvalue weighted by atomic mass is 32.1. The number of hydrogen-bond acceptors (Lipinski definition) is 5. The van der Waals surface area contributed by atoms with Gasteiger partial charge in [-0.1, -0.05) is 0 Å². The number of hydrogen-bond donors (Lipinski definition) is 1. The van der Waals surface area contributed by atoms with Crippen molar-refractivity contribution in [3.8, 4) is 5.75 Å². The van der Waals surface area contributed by atoms with Crippen LogP contribution in [0.3, 0.4) is 0 Å². The summed E-state index contributed by atoms with van der Waals surface area (Å²) >= 11 is 1.34. The van der Waals surface area contributed by atoms with E-state index in [1.807, 2.05) is 12.1 Å². The number of urea groups is 1. The lowest BCUT2D eigenvalue weighted by Crippen LogP contribution is -2.37. The number of amides is 3. The van der Waals surface area contributed by atoms with Crippen molar-refractivity contribution < 1.29 is 14.3 Å². The van der Waals surface area contributed by atoms with Gasteiger partial charge < -0.3 is 15.0 Å². The number of anilines is 2. The Bertz CT molecular complexity index is 687. The van der Waals surface area contributed by atoms with E-state index in [0.29, 0.717) is 18.2 Å². The second kappa shape index (κ2) is 6.66. The minimum atomic E-state index is -0.245. The largest absolute Gasteiger partial charge is 0.497 e. The van der Waals surface area contributed by atoms with E-state index in [0.717, 1.165) is 11.4 Å². The Morgan fingerprint density at radius 2 is 2.13 bits per heavy atom. The summed E-state index contributed by atoms with van der Waals surface area (Å²) in [5, 5.41) is 4.99. The zero-order valence-electron chi connectivity index (χ0n) is 12.6. The van der Waals surface area contributed by atoms with Crippen molar-refractivity contribution in [1.82, 2.24) is 9.88 Å². The molecule has 1 saturated heterocycles. The van der Waals surface area contributed by atoms with Gasteiger partial charge in [0, 0.05) is 30.4 Å². The summed E-state index contributed by atoms with van der Waals surface area (Å²) in [7, 11) is 1.60. The molecule has 1 fully saturated rings. The van der Waals surface area contributed by atoms with Crippen LogP contribution in [0.4, 0.5) is 15.6 Å². The number of aromatic nitrogens is 1. The van der Waals surface area contributed by atoms with Gasteiger partial charge in [-0.15, -0.1) is 11.3 Å². The summed E-state index contributed by atoms with van der Waals surface area (Å²) in [5.74, 6) is 0.491. The highest BCUT2D eigenvalue weighted by molar-refractivity contribution is 7.13. The smallest absolute Gasteiger partial charge is 0.325 e. The van der Waals surface area contributed by atoms with Gasteiger partial charge in [0.1, 0.15) is 12.3 Å². The maximum absolute atomic E-state index is 12.4. The van der Waals surface area contributed by atoms with Gasteiger partial charge in [0.15, 0.2) is 5.13 Å².